The largest absolute Gasteiger partial charge is 0.496 e. The summed E-state index contributed by atoms with van der Waals surface area (Å²) in [5.41, 5.74) is 2.38. The Morgan fingerprint density at radius 1 is 1.11 bits per heavy atom. The number of rotatable bonds is 5. The number of methoxy groups -OCH3 is 2. The van der Waals surface area contributed by atoms with Crippen molar-refractivity contribution in [2.45, 2.75) is 13.8 Å². The Morgan fingerprint density at radius 2 is 1.78 bits per heavy atom. The lowest BCUT2D eigenvalue weighted by Gasteiger charge is -2.13. The summed E-state index contributed by atoms with van der Waals surface area (Å²) in [5.74, 6) is 1.10. The summed E-state index contributed by atoms with van der Waals surface area (Å²) in [4.78, 5) is 17.1. The average molecular weight is 387 g/mol. The maximum atomic E-state index is 12.7. The van der Waals surface area contributed by atoms with Gasteiger partial charge in [0.15, 0.2) is 5.82 Å². The SMILES string of the molecule is COc1cccc(OC)c1C(=O)Nc1ccc(-n2nc(C)c(Cl)c2C)nc1. The molecular formula is C19H19ClN4O3. The molecule has 1 aromatic carbocycles. The number of carbonyl (C=O) groups is 1. The van der Waals surface area contributed by atoms with E-state index in [1.54, 1.807) is 41.2 Å². The van der Waals surface area contributed by atoms with E-state index in [1.165, 1.54) is 14.2 Å². The van der Waals surface area contributed by atoms with Gasteiger partial charge in [0, 0.05) is 0 Å². The van der Waals surface area contributed by atoms with Crippen molar-refractivity contribution in [3.63, 3.8) is 0 Å². The van der Waals surface area contributed by atoms with Gasteiger partial charge in [-0.3, -0.25) is 4.79 Å². The molecule has 140 valence electrons. The van der Waals surface area contributed by atoms with Gasteiger partial charge < -0.3 is 14.8 Å². The van der Waals surface area contributed by atoms with E-state index in [9.17, 15) is 4.79 Å². The van der Waals surface area contributed by atoms with E-state index in [4.69, 9.17) is 21.1 Å². The van der Waals surface area contributed by atoms with Gasteiger partial charge in [-0.25, -0.2) is 9.67 Å². The van der Waals surface area contributed by atoms with Crippen molar-refractivity contribution in [3.8, 4) is 17.3 Å². The molecule has 0 radical (unpaired) electrons. The number of carbonyl (C=O) groups excluding carboxylic acids is 1. The predicted octanol–water partition coefficient (Wildman–Crippen LogP) is 3.81. The van der Waals surface area contributed by atoms with E-state index in [-0.39, 0.29) is 5.91 Å². The summed E-state index contributed by atoms with van der Waals surface area (Å²) in [6, 6.07) is 8.65. The highest BCUT2D eigenvalue weighted by atomic mass is 35.5. The van der Waals surface area contributed by atoms with Crippen LogP contribution < -0.4 is 14.8 Å². The van der Waals surface area contributed by atoms with Gasteiger partial charge in [0.1, 0.15) is 17.1 Å². The van der Waals surface area contributed by atoms with Gasteiger partial charge in [-0.2, -0.15) is 5.10 Å². The van der Waals surface area contributed by atoms with Crippen LogP contribution in [0.2, 0.25) is 5.02 Å². The predicted molar refractivity (Wildman–Crippen MR) is 103 cm³/mol. The van der Waals surface area contributed by atoms with Crippen molar-refractivity contribution < 1.29 is 14.3 Å². The van der Waals surface area contributed by atoms with Crippen LogP contribution in [0.1, 0.15) is 21.7 Å². The van der Waals surface area contributed by atoms with Crippen LogP contribution in [0, 0.1) is 13.8 Å². The van der Waals surface area contributed by atoms with Crippen molar-refractivity contribution in [1.82, 2.24) is 14.8 Å². The fraction of sp³-hybridized carbons (Fsp3) is 0.211. The highest BCUT2D eigenvalue weighted by Gasteiger charge is 2.18. The van der Waals surface area contributed by atoms with Crippen molar-refractivity contribution in [2.24, 2.45) is 0 Å². The maximum Gasteiger partial charge on any atom is 0.263 e. The summed E-state index contributed by atoms with van der Waals surface area (Å²) in [7, 11) is 3.00. The van der Waals surface area contributed by atoms with Crippen molar-refractivity contribution in [1.29, 1.82) is 0 Å². The zero-order chi connectivity index (χ0) is 19.6. The van der Waals surface area contributed by atoms with Crippen LogP contribution in [-0.4, -0.2) is 34.9 Å². The number of aromatic nitrogens is 3. The molecule has 8 heteroatoms. The lowest BCUT2D eigenvalue weighted by molar-refractivity contribution is 0.102. The van der Waals surface area contributed by atoms with E-state index >= 15 is 0 Å². The van der Waals surface area contributed by atoms with Gasteiger partial charge in [0.2, 0.25) is 0 Å². The number of nitrogens with one attached hydrogen (secondary N) is 1. The van der Waals surface area contributed by atoms with Gasteiger partial charge in [-0.05, 0) is 38.1 Å². The highest BCUT2D eigenvalue weighted by Crippen LogP contribution is 2.29. The van der Waals surface area contributed by atoms with E-state index in [0.29, 0.717) is 33.6 Å². The first kappa shape index (κ1) is 18.7. The first-order chi connectivity index (χ1) is 13.0. The van der Waals surface area contributed by atoms with Crippen molar-refractivity contribution in [3.05, 3.63) is 58.5 Å². The number of hydrogen-bond acceptors (Lipinski definition) is 5. The number of aryl methyl sites for hydroxylation is 1. The molecule has 0 atom stereocenters. The van der Waals surface area contributed by atoms with Crippen LogP contribution in [0.15, 0.2) is 36.5 Å². The molecule has 0 saturated carbocycles. The second kappa shape index (κ2) is 7.67. The first-order valence-electron chi connectivity index (χ1n) is 8.16. The number of pyridine rings is 1. The monoisotopic (exact) mass is 386 g/mol. The molecule has 0 saturated heterocycles. The quantitative estimate of drug-likeness (QED) is 0.721. The maximum absolute atomic E-state index is 12.7. The Hall–Kier alpha value is -3.06. The van der Waals surface area contributed by atoms with E-state index in [1.807, 2.05) is 13.8 Å². The molecule has 0 aliphatic heterocycles. The van der Waals surface area contributed by atoms with Crippen LogP contribution in [0.5, 0.6) is 11.5 Å². The zero-order valence-corrected chi connectivity index (χ0v) is 16.2. The van der Waals surface area contributed by atoms with E-state index in [0.717, 1.165) is 11.4 Å². The van der Waals surface area contributed by atoms with Gasteiger partial charge >= 0.3 is 0 Å². The molecule has 2 aromatic heterocycles. The molecule has 0 unspecified atom stereocenters. The van der Waals surface area contributed by atoms with Gasteiger partial charge in [-0.15, -0.1) is 0 Å². The third kappa shape index (κ3) is 3.59. The second-order valence-corrected chi connectivity index (χ2v) is 6.17. The van der Waals surface area contributed by atoms with Crippen LogP contribution in [-0.2, 0) is 0 Å². The fourth-order valence-corrected chi connectivity index (χ4v) is 2.82. The van der Waals surface area contributed by atoms with Gasteiger partial charge in [0.25, 0.3) is 5.91 Å². The molecule has 1 amide bonds. The third-order valence-electron chi connectivity index (χ3n) is 4.08. The molecule has 0 aliphatic carbocycles. The normalized spacial score (nSPS) is 10.6. The van der Waals surface area contributed by atoms with Crippen molar-refractivity contribution >= 4 is 23.2 Å². The zero-order valence-electron chi connectivity index (χ0n) is 15.4. The van der Waals surface area contributed by atoms with E-state index < -0.39 is 0 Å². The number of hydrogen-bond donors (Lipinski definition) is 1. The highest BCUT2D eigenvalue weighted by molar-refractivity contribution is 6.31. The minimum Gasteiger partial charge on any atom is -0.496 e. The molecule has 0 aliphatic rings. The Kier molecular flexibility index (Phi) is 5.32. The molecule has 3 rings (SSSR count). The number of ether oxygens (including phenoxy) is 2. The van der Waals surface area contributed by atoms with Crippen LogP contribution >= 0.6 is 11.6 Å². The number of amides is 1. The standard InChI is InChI=1S/C19H19ClN4O3/c1-11-18(20)12(2)24(23-11)16-9-8-13(10-21-16)22-19(25)17-14(26-3)6-5-7-15(17)27-4/h5-10H,1-4H3,(H,22,25). The molecular weight excluding hydrogens is 368 g/mol. The Labute approximate surface area is 161 Å². The lowest BCUT2D eigenvalue weighted by Crippen LogP contribution is -2.15. The minimum atomic E-state index is -0.354. The van der Waals surface area contributed by atoms with Crippen LogP contribution in [0.4, 0.5) is 5.69 Å². The molecule has 2 heterocycles. The Bertz CT molecular complexity index is 961. The molecule has 0 fully saturated rings. The molecule has 0 spiro atoms. The van der Waals surface area contributed by atoms with Gasteiger partial charge in [-0.1, -0.05) is 17.7 Å². The summed E-state index contributed by atoms with van der Waals surface area (Å²) >= 11 is 6.18. The molecule has 27 heavy (non-hydrogen) atoms. The summed E-state index contributed by atoms with van der Waals surface area (Å²) < 4.78 is 12.2. The second-order valence-electron chi connectivity index (χ2n) is 5.79. The lowest BCUT2D eigenvalue weighted by atomic mass is 10.1. The average Bonchev–Trinajstić information content (AvgIpc) is 2.95. The Morgan fingerprint density at radius 3 is 2.26 bits per heavy atom. The number of halogens is 1. The smallest absolute Gasteiger partial charge is 0.263 e. The van der Waals surface area contributed by atoms with E-state index in [2.05, 4.69) is 15.4 Å². The number of anilines is 1. The van der Waals surface area contributed by atoms with Gasteiger partial charge in [0.05, 0.1) is 42.5 Å². The summed E-state index contributed by atoms with van der Waals surface area (Å²) in [5, 5.41) is 7.77. The molecule has 0 bridgehead atoms. The first-order valence-corrected chi connectivity index (χ1v) is 8.54. The minimum absolute atomic E-state index is 0.317. The topological polar surface area (TPSA) is 78.3 Å². The molecule has 1 N–H and O–H groups in total. The fourth-order valence-electron chi connectivity index (χ4n) is 2.70. The van der Waals surface area contributed by atoms with Crippen LogP contribution in [0.3, 0.4) is 0 Å². The Balaban J connectivity index is 1.85. The molecule has 3 aromatic rings. The summed E-state index contributed by atoms with van der Waals surface area (Å²) in [6.07, 6.45) is 1.56. The summed E-state index contributed by atoms with van der Waals surface area (Å²) in [6.45, 7) is 3.70. The number of nitrogens with zero attached hydrogens (tertiary/aromatic N) is 3. The third-order valence-corrected chi connectivity index (χ3v) is 4.63. The number of benzene rings is 1. The molecule has 7 nitrogen and oxygen atoms in total. The van der Waals surface area contributed by atoms with Crippen molar-refractivity contribution in [2.75, 3.05) is 19.5 Å². The van der Waals surface area contributed by atoms with Crippen LogP contribution in [0.25, 0.3) is 5.82 Å².